The first-order valence-electron chi connectivity index (χ1n) is 9.83. The van der Waals surface area contributed by atoms with Crippen LogP contribution in [0.4, 0.5) is 0 Å². The maximum atomic E-state index is 9.48. The van der Waals surface area contributed by atoms with Gasteiger partial charge < -0.3 is 32.5 Å². The maximum Gasteiger partial charge on any atom is 0.144 e. The average Bonchev–Trinajstić information content (AvgIpc) is 2.60. The molecule has 1 unspecified atom stereocenters. The molecule has 1 atom stereocenters. The highest BCUT2D eigenvalue weighted by atomic mass is 16.3. The first-order valence-corrected chi connectivity index (χ1v) is 9.83. The molecule has 1 saturated carbocycles. The second-order valence-electron chi connectivity index (χ2n) is 7.60. The van der Waals surface area contributed by atoms with Crippen molar-refractivity contribution in [1.82, 2.24) is 10.2 Å². The third-order valence-electron chi connectivity index (χ3n) is 5.16. The predicted molar refractivity (Wildman–Crippen MR) is 107 cm³/mol. The van der Waals surface area contributed by atoms with Crippen LogP contribution in [-0.2, 0) is 0 Å². The van der Waals surface area contributed by atoms with E-state index >= 15 is 0 Å². The summed E-state index contributed by atoms with van der Waals surface area (Å²) in [5.41, 5.74) is 19.4. The van der Waals surface area contributed by atoms with E-state index < -0.39 is 6.23 Å². The molecule has 0 amide bonds. The summed E-state index contributed by atoms with van der Waals surface area (Å²) in [6, 6.07) is 1.24. The maximum absolute atomic E-state index is 9.48. The summed E-state index contributed by atoms with van der Waals surface area (Å²) in [5, 5.41) is 13.3. The Morgan fingerprint density at radius 1 is 1.08 bits per heavy atom. The highest BCUT2D eigenvalue weighted by Crippen LogP contribution is 2.21. The molecule has 1 saturated heterocycles. The van der Waals surface area contributed by atoms with Crippen LogP contribution in [0.25, 0.3) is 0 Å². The van der Waals surface area contributed by atoms with Gasteiger partial charge in [0.15, 0.2) is 0 Å². The zero-order chi connectivity index (χ0) is 19.1. The number of nitrogens with one attached hydrogen (secondary N) is 1. The molecule has 26 heavy (non-hydrogen) atoms. The fourth-order valence-electron chi connectivity index (χ4n) is 3.84. The van der Waals surface area contributed by atoms with Crippen LogP contribution < -0.4 is 22.5 Å². The Labute approximate surface area is 157 Å². The van der Waals surface area contributed by atoms with Crippen molar-refractivity contribution in [3.8, 4) is 0 Å². The Balaban J connectivity index is 2.01. The highest BCUT2D eigenvalue weighted by Gasteiger charge is 2.24. The van der Waals surface area contributed by atoms with Crippen molar-refractivity contribution in [1.29, 1.82) is 0 Å². The normalized spacial score (nSPS) is 23.7. The van der Waals surface area contributed by atoms with Crippen molar-refractivity contribution >= 4 is 5.84 Å². The number of aliphatic imine (C=N–C) groups is 1. The fraction of sp³-hybridized carbons (Fsp3) is 0.737. The highest BCUT2D eigenvalue weighted by molar-refractivity contribution is 6.00. The van der Waals surface area contributed by atoms with Gasteiger partial charge in [-0.2, -0.15) is 0 Å². The summed E-state index contributed by atoms with van der Waals surface area (Å²) in [6.07, 6.45) is 9.65. The molecule has 7 heteroatoms. The lowest BCUT2D eigenvalue weighted by atomic mass is 9.93. The Morgan fingerprint density at radius 3 is 2.19 bits per heavy atom. The number of piperidine rings is 1. The SMILES string of the molecule is C/C(N)=C/C(C(/N)=N/C(C)O)=C(\N)N1CCC(NC2CCCCC2)CC1. The molecule has 0 spiro atoms. The topological polar surface area (TPSA) is 126 Å². The van der Waals surface area contributed by atoms with Gasteiger partial charge in [-0.3, -0.25) is 0 Å². The molecule has 0 aromatic heterocycles. The third-order valence-corrected chi connectivity index (χ3v) is 5.16. The number of hydrogen-bond donors (Lipinski definition) is 5. The second-order valence-corrected chi connectivity index (χ2v) is 7.60. The second kappa shape index (κ2) is 9.83. The van der Waals surface area contributed by atoms with Crippen LogP contribution in [0, 0.1) is 0 Å². The largest absolute Gasteiger partial charge is 0.402 e. The number of rotatable bonds is 6. The van der Waals surface area contributed by atoms with Crippen LogP contribution in [0.2, 0.25) is 0 Å². The molecule has 2 aliphatic rings. The van der Waals surface area contributed by atoms with Crippen LogP contribution in [0.3, 0.4) is 0 Å². The number of likely N-dealkylation sites (tertiary alicyclic amines) is 1. The number of allylic oxidation sites excluding steroid dienone is 1. The number of amidine groups is 1. The molecule has 1 heterocycles. The zero-order valence-corrected chi connectivity index (χ0v) is 16.2. The molecule has 7 nitrogen and oxygen atoms in total. The van der Waals surface area contributed by atoms with Gasteiger partial charge >= 0.3 is 0 Å². The van der Waals surface area contributed by atoms with Gasteiger partial charge in [-0.15, -0.1) is 0 Å². The van der Waals surface area contributed by atoms with E-state index in [4.69, 9.17) is 17.2 Å². The van der Waals surface area contributed by atoms with Crippen molar-refractivity contribution in [3.05, 3.63) is 23.2 Å². The third kappa shape index (κ3) is 6.21. The monoisotopic (exact) mass is 364 g/mol. The molecule has 1 aliphatic carbocycles. The lowest BCUT2D eigenvalue weighted by Gasteiger charge is -2.37. The van der Waals surface area contributed by atoms with Crippen LogP contribution in [0.5, 0.6) is 0 Å². The van der Waals surface area contributed by atoms with Crippen molar-refractivity contribution in [3.63, 3.8) is 0 Å². The van der Waals surface area contributed by atoms with Crippen LogP contribution in [0.1, 0.15) is 58.8 Å². The summed E-state index contributed by atoms with van der Waals surface area (Å²) in [5.74, 6) is 0.789. The molecule has 148 valence electrons. The molecule has 2 fully saturated rings. The van der Waals surface area contributed by atoms with Gasteiger partial charge in [-0.05, 0) is 45.6 Å². The number of aliphatic hydroxyl groups excluding tert-OH is 1. The van der Waals surface area contributed by atoms with Crippen LogP contribution in [-0.4, -0.2) is 47.2 Å². The Bertz CT molecular complexity index is 536. The molecule has 1 aliphatic heterocycles. The van der Waals surface area contributed by atoms with Crippen molar-refractivity contribution in [2.45, 2.75) is 77.1 Å². The van der Waals surface area contributed by atoms with E-state index in [1.807, 2.05) is 0 Å². The van der Waals surface area contributed by atoms with Gasteiger partial charge in [0.25, 0.3) is 0 Å². The Morgan fingerprint density at radius 2 is 1.65 bits per heavy atom. The zero-order valence-electron chi connectivity index (χ0n) is 16.2. The van der Waals surface area contributed by atoms with Gasteiger partial charge in [0.2, 0.25) is 0 Å². The Hall–Kier alpha value is -1.73. The first kappa shape index (κ1) is 20.6. The predicted octanol–water partition coefficient (Wildman–Crippen LogP) is 1.10. The summed E-state index contributed by atoms with van der Waals surface area (Å²) in [7, 11) is 0. The summed E-state index contributed by atoms with van der Waals surface area (Å²) in [4.78, 5) is 6.15. The number of nitrogens with two attached hydrogens (primary N) is 3. The molecule has 0 bridgehead atoms. The fourth-order valence-corrected chi connectivity index (χ4v) is 3.84. The minimum atomic E-state index is -0.880. The van der Waals surface area contributed by atoms with Gasteiger partial charge in [0.1, 0.15) is 17.9 Å². The quantitative estimate of drug-likeness (QED) is 0.273. The summed E-state index contributed by atoms with van der Waals surface area (Å²) in [6.45, 7) is 5.09. The van der Waals surface area contributed by atoms with E-state index in [9.17, 15) is 5.11 Å². The minimum Gasteiger partial charge on any atom is -0.402 e. The Kier molecular flexibility index (Phi) is 7.78. The molecule has 0 aromatic carbocycles. The van der Waals surface area contributed by atoms with Crippen molar-refractivity contribution < 1.29 is 5.11 Å². The molecule has 2 rings (SSSR count). The van der Waals surface area contributed by atoms with Gasteiger partial charge in [-0.1, -0.05) is 19.3 Å². The van der Waals surface area contributed by atoms with Crippen molar-refractivity contribution in [2.75, 3.05) is 13.1 Å². The van der Waals surface area contributed by atoms with Gasteiger partial charge in [-0.25, -0.2) is 4.99 Å². The van der Waals surface area contributed by atoms with Crippen molar-refractivity contribution in [2.24, 2.45) is 22.2 Å². The lowest BCUT2D eigenvalue weighted by molar-refractivity contribution is 0.205. The van der Waals surface area contributed by atoms with E-state index in [1.165, 1.54) is 32.1 Å². The van der Waals surface area contributed by atoms with Gasteiger partial charge in [0.05, 0.1) is 5.57 Å². The van der Waals surface area contributed by atoms with E-state index in [0.29, 0.717) is 29.2 Å². The standard InChI is InChI=1S/C19H36N6O/c1-13(20)12-17(18(21)23-14(2)26)19(22)25-10-8-16(9-11-25)24-15-6-4-3-5-7-15/h12,14-16,24,26H,3-11,20,22H2,1-2H3,(H2,21,23)/b13-12-,19-17-. The van der Waals surface area contributed by atoms with E-state index in [1.54, 1.807) is 19.9 Å². The smallest absolute Gasteiger partial charge is 0.144 e. The van der Waals surface area contributed by atoms with E-state index in [2.05, 4.69) is 15.2 Å². The molecule has 8 N–H and O–H groups in total. The summed E-state index contributed by atoms with van der Waals surface area (Å²) < 4.78 is 0. The number of hydrogen-bond acceptors (Lipinski definition) is 6. The number of aliphatic hydroxyl groups is 1. The van der Waals surface area contributed by atoms with E-state index in [-0.39, 0.29) is 5.84 Å². The number of nitrogens with zero attached hydrogens (tertiary/aromatic N) is 2. The lowest BCUT2D eigenvalue weighted by Crippen LogP contribution is -2.47. The minimum absolute atomic E-state index is 0.213. The van der Waals surface area contributed by atoms with Crippen LogP contribution >= 0.6 is 0 Å². The molecule has 0 aromatic rings. The molecular weight excluding hydrogens is 328 g/mol. The van der Waals surface area contributed by atoms with E-state index in [0.717, 1.165) is 25.9 Å². The first-order chi connectivity index (χ1) is 12.4. The van der Waals surface area contributed by atoms with Gasteiger partial charge in [0, 0.05) is 30.9 Å². The molecule has 0 radical (unpaired) electrons. The molecular formula is C19H36N6O. The van der Waals surface area contributed by atoms with Crippen LogP contribution in [0.15, 0.2) is 28.2 Å². The summed E-state index contributed by atoms with van der Waals surface area (Å²) >= 11 is 0. The average molecular weight is 365 g/mol.